The van der Waals surface area contributed by atoms with E-state index < -0.39 is 29.0 Å². The van der Waals surface area contributed by atoms with Crippen LogP contribution in [0, 0.1) is 0 Å². The number of ether oxygens (including phenoxy) is 2. The molecular formula is C14H21N3O5. The molecule has 0 aliphatic heterocycles. The fraction of sp³-hybridized carbons (Fsp3) is 0.571. The second-order valence-electron chi connectivity index (χ2n) is 6.67. The van der Waals surface area contributed by atoms with Crippen molar-refractivity contribution in [3.63, 3.8) is 0 Å². The highest BCUT2D eigenvalue weighted by Gasteiger charge is 2.25. The van der Waals surface area contributed by atoms with Gasteiger partial charge in [0.05, 0.1) is 0 Å². The molecule has 8 heteroatoms. The predicted octanol–water partition coefficient (Wildman–Crippen LogP) is 1.56. The Morgan fingerprint density at radius 2 is 1.59 bits per heavy atom. The molecule has 1 rings (SSSR count). The van der Waals surface area contributed by atoms with Gasteiger partial charge in [0.15, 0.2) is 0 Å². The minimum Gasteiger partial charge on any atom is -0.456 e. The predicted molar refractivity (Wildman–Crippen MR) is 79.7 cm³/mol. The lowest BCUT2D eigenvalue weighted by molar-refractivity contribution is 0.00696. The average Bonchev–Trinajstić information content (AvgIpc) is 2.23. The van der Waals surface area contributed by atoms with Gasteiger partial charge in [0.2, 0.25) is 0 Å². The smallest absolute Gasteiger partial charge is 0.422 e. The Bertz CT molecular complexity index is 650. The number of aromatic nitrogens is 2. The number of hydrogen-bond acceptors (Lipinski definition) is 7. The van der Waals surface area contributed by atoms with E-state index in [-0.39, 0.29) is 11.4 Å². The number of carbonyl (C=O) groups excluding carboxylic acids is 2. The van der Waals surface area contributed by atoms with Gasteiger partial charge in [-0.3, -0.25) is 0 Å². The van der Waals surface area contributed by atoms with E-state index in [1.165, 1.54) is 0 Å². The quantitative estimate of drug-likeness (QED) is 0.783. The van der Waals surface area contributed by atoms with Crippen molar-refractivity contribution < 1.29 is 19.1 Å². The zero-order chi connectivity index (χ0) is 17.3. The Balaban J connectivity index is 3.23. The molecule has 0 radical (unpaired) electrons. The van der Waals surface area contributed by atoms with Gasteiger partial charge in [0, 0.05) is 6.20 Å². The summed E-state index contributed by atoms with van der Waals surface area (Å²) in [5.41, 5.74) is 2.89. The van der Waals surface area contributed by atoms with Crippen LogP contribution >= 0.6 is 0 Å². The van der Waals surface area contributed by atoms with Crippen LogP contribution in [0.15, 0.2) is 11.0 Å². The molecule has 1 heterocycles. The van der Waals surface area contributed by atoms with E-state index in [9.17, 15) is 14.4 Å². The number of hydrogen-bond donors (Lipinski definition) is 1. The van der Waals surface area contributed by atoms with Gasteiger partial charge in [0.25, 0.3) is 0 Å². The summed E-state index contributed by atoms with van der Waals surface area (Å²) in [6.07, 6.45) is 0.0297. The molecule has 22 heavy (non-hydrogen) atoms. The minimum atomic E-state index is -0.949. The first-order chi connectivity index (χ1) is 9.80. The third kappa shape index (κ3) is 4.87. The van der Waals surface area contributed by atoms with Crippen LogP contribution in [0.5, 0.6) is 0 Å². The molecule has 0 amide bonds. The minimum absolute atomic E-state index is 0.180. The lowest BCUT2D eigenvalue weighted by atomic mass is 10.2. The van der Waals surface area contributed by atoms with E-state index in [0.717, 1.165) is 6.20 Å². The number of nitrogens with two attached hydrogens (primary N) is 1. The van der Waals surface area contributed by atoms with Crippen molar-refractivity contribution in [3.05, 3.63) is 22.2 Å². The Labute approximate surface area is 128 Å². The maximum Gasteiger partial charge on any atom is 0.422 e. The molecule has 0 aliphatic carbocycles. The monoisotopic (exact) mass is 311 g/mol. The first-order valence-corrected chi connectivity index (χ1v) is 6.66. The third-order valence-electron chi connectivity index (χ3n) is 2.17. The van der Waals surface area contributed by atoms with Crippen molar-refractivity contribution in [1.29, 1.82) is 0 Å². The van der Waals surface area contributed by atoms with Crippen molar-refractivity contribution >= 4 is 17.9 Å². The van der Waals surface area contributed by atoms with Gasteiger partial charge in [-0.2, -0.15) is 4.98 Å². The van der Waals surface area contributed by atoms with Crippen molar-refractivity contribution in [2.24, 2.45) is 0 Å². The summed E-state index contributed by atoms with van der Waals surface area (Å²) in [4.78, 5) is 39.2. The van der Waals surface area contributed by atoms with Crippen LogP contribution in [0.2, 0.25) is 0 Å². The van der Waals surface area contributed by atoms with Crippen molar-refractivity contribution in [2.75, 3.05) is 5.73 Å². The molecule has 0 saturated heterocycles. The number of carbonyl (C=O) groups is 2. The van der Waals surface area contributed by atoms with E-state index in [1.54, 1.807) is 41.5 Å². The molecule has 0 aromatic carbocycles. The molecule has 0 saturated carbocycles. The van der Waals surface area contributed by atoms with Gasteiger partial charge in [0.1, 0.15) is 22.6 Å². The van der Waals surface area contributed by atoms with Crippen LogP contribution in [0.1, 0.15) is 51.9 Å². The lowest BCUT2D eigenvalue weighted by Gasteiger charge is -2.21. The lowest BCUT2D eigenvalue weighted by Crippen LogP contribution is -2.36. The summed E-state index contributed by atoms with van der Waals surface area (Å²) < 4.78 is 10.8. The van der Waals surface area contributed by atoms with E-state index in [2.05, 4.69) is 4.98 Å². The number of nitrogen functional groups attached to an aromatic ring is 1. The topological polar surface area (TPSA) is 114 Å². The molecule has 0 bridgehead atoms. The third-order valence-corrected chi connectivity index (χ3v) is 2.17. The first-order valence-electron chi connectivity index (χ1n) is 6.66. The number of esters is 1. The SMILES string of the molecule is CC(C)(C)OC(=O)c1cn(C(=O)OC(C)(C)C)c(=O)nc1N. The van der Waals surface area contributed by atoms with Crippen LogP contribution in [-0.2, 0) is 9.47 Å². The molecule has 2 N–H and O–H groups in total. The van der Waals surface area contributed by atoms with Gasteiger partial charge in [-0.1, -0.05) is 0 Å². The van der Waals surface area contributed by atoms with Gasteiger partial charge in [-0.15, -0.1) is 0 Å². The van der Waals surface area contributed by atoms with E-state index >= 15 is 0 Å². The average molecular weight is 311 g/mol. The fourth-order valence-electron chi connectivity index (χ4n) is 1.40. The molecule has 122 valence electrons. The van der Waals surface area contributed by atoms with E-state index in [4.69, 9.17) is 15.2 Å². The largest absolute Gasteiger partial charge is 0.456 e. The van der Waals surface area contributed by atoms with Crippen LogP contribution in [0.4, 0.5) is 10.6 Å². The molecule has 8 nitrogen and oxygen atoms in total. The summed E-state index contributed by atoms with van der Waals surface area (Å²) in [6.45, 7) is 9.98. The normalized spacial score (nSPS) is 11.9. The Hall–Kier alpha value is -2.38. The molecule has 0 unspecified atom stereocenters. The van der Waals surface area contributed by atoms with Crippen LogP contribution < -0.4 is 11.4 Å². The number of nitrogens with zero attached hydrogens (tertiary/aromatic N) is 2. The second kappa shape index (κ2) is 5.78. The maximum absolute atomic E-state index is 12.0. The number of rotatable bonds is 1. The Morgan fingerprint density at radius 3 is 2.05 bits per heavy atom. The molecular weight excluding hydrogens is 290 g/mol. The van der Waals surface area contributed by atoms with Gasteiger partial charge >= 0.3 is 17.8 Å². The van der Waals surface area contributed by atoms with Crippen LogP contribution in [0.3, 0.4) is 0 Å². The molecule has 0 aliphatic rings. The number of anilines is 1. The first kappa shape index (κ1) is 17.7. The van der Waals surface area contributed by atoms with Gasteiger partial charge < -0.3 is 15.2 Å². The van der Waals surface area contributed by atoms with Crippen molar-refractivity contribution in [1.82, 2.24) is 9.55 Å². The van der Waals surface area contributed by atoms with Crippen LogP contribution in [-0.4, -0.2) is 32.8 Å². The summed E-state index contributed by atoms with van der Waals surface area (Å²) in [5, 5.41) is 0. The highest BCUT2D eigenvalue weighted by Crippen LogP contribution is 2.15. The maximum atomic E-state index is 12.0. The standard InChI is InChI=1S/C14H21N3O5/c1-13(2,3)21-10(18)8-7-17(11(19)16-9(8)15)12(20)22-14(4,5)6/h7H,1-6H3,(H2,15,16,19). The zero-order valence-corrected chi connectivity index (χ0v) is 13.6. The molecule has 1 aromatic heterocycles. The van der Waals surface area contributed by atoms with Gasteiger partial charge in [-0.25, -0.2) is 19.0 Å². The highest BCUT2D eigenvalue weighted by molar-refractivity contribution is 5.94. The highest BCUT2D eigenvalue weighted by atomic mass is 16.6. The molecule has 1 aromatic rings. The zero-order valence-electron chi connectivity index (χ0n) is 13.6. The summed E-state index contributed by atoms with van der Waals surface area (Å²) in [6, 6.07) is 0. The molecule has 0 fully saturated rings. The van der Waals surface area contributed by atoms with E-state index in [1.807, 2.05) is 0 Å². The van der Waals surface area contributed by atoms with Crippen LogP contribution in [0.25, 0.3) is 0 Å². The Kier molecular flexibility index (Phi) is 4.64. The Morgan fingerprint density at radius 1 is 1.09 bits per heavy atom. The van der Waals surface area contributed by atoms with Crippen molar-refractivity contribution in [2.45, 2.75) is 52.7 Å². The molecule has 0 spiro atoms. The second-order valence-corrected chi connectivity index (χ2v) is 6.67. The van der Waals surface area contributed by atoms with E-state index in [0.29, 0.717) is 4.57 Å². The van der Waals surface area contributed by atoms with Gasteiger partial charge in [-0.05, 0) is 41.5 Å². The molecule has 0 atom stereocenters. The summed E-state index contributed by atoms with van der Waals surface area (Å²) in [7, 11) is 0. The summed E-state index contributed by atoms with van der Waals surface area (Å²) in [5.74, 6) is -1.09. The van der Waals surface area contributed by atoms with Crippen molar-refractivity contribution in [3.8, 4) is 0 Å². The summed E-state index contributed by atoms with van der Waals surface area (Å²) >= 11 is 0. The fourth-order valence-corrected chi connectivity index (χ4v) is 1.40.